The zero-order valence-electron chi connectivity index (χ0n) is 8.43. The molecule has 0 aliphatic carbocycles. The van der Waals surface area contributed by atoms with Crippen molar-refractivity contribution >= 4 is 5.97 Å². The van der Waals surface area contributed by atoms with Gasteiger partial charge in [-0.1, -0.05) is 6.92 Å². The van der Waals surface area contributed by atoms with Crippen molar-refractivity contribution in [3.63, 3.8) is 0 Å². The number of carboxylic acids is 1. The van der Waals surface area contributed by atoms with Gasteiger partial charge in [0, 0.05) is 19.0 Å². The summed E-state index contributed by atoms with van der Waals surface area (Å²) in [6.45, 7) is 2.71. The molecule has 0 saturated heterocycles. The van der Waals surface area contributed by atoms with Gasteiger partial charge in [0.05, 0.1) is 0 Å². The Balaban J connectivity index is 2.53. The minimum Gasteiger partial charge on any atom is -0.477 e. The maximum atomic E-state index is 11.6. The van der Waals surface area contributed by atoms with Gasteiger partial charge in [-0.15, -0.1) is 0 Å². The number of carboxylic acid groups (broad SMARTS) is 1. The quantitative estimate of drug-likeness (QED) is 0.730. The van der Waals surface area contributed by atoms with Gasteiger partial charge in [0.15, 0.2) is 5.69 Å². The highest BCUT2D eigenvalue weighted by atomic mass is 16.4. The molecule has 0 fully saturated rings. The number of aromatic carboxylic acids is 1. The molecule has 2 heterocycles. The third kappa shape index (κ3) is 1.77. The van der Waals surface area contributed by atoms with Crippen LogP contribution in [0.1, 0.15) is 29.7 Å². The lowest BCUT2D eigenvalue weighted by atomic mass is 10.0. The maximum Gasteiger partial charge on any atom is 0.354 e. The van der Waals surface area contributed by atoms with E-state index in [1.807, 2.05) is 0 Å². The van der Waals surface area contributed by atoms with E-state index >= 15 is 0 Å². The van der Waals surface area contributed by atoms with E-state index in [1.54, 1.807) is 4.57 Å². The lowest BCUT2D eigenvalue weighted by Gasteiger charge is -2.22. The van der Waals surface area contributed by atoms with E-state index in [0.29, 0.717) is 24.7 Å². The SMILES string of the molecule is CC1CCc2nc(C(=O)O)cc(=O)n2C1. The van der Waals surface area contributed by atoms with Gasteiger partial charge in [-0.2, -0.15) is 0 Å². The zero-order chi connectivity index (χ0) is 11.0. The van der Waals surface area contributed by atoms with Gasteiger partial charge >= 0.3 is 5.97 Å². The number of aryl methyl sites for hydroxylation is 1. The van der Waals surface area contributed by atoms with Crippen LogP contribution in [0.15, 0.2) is 10.9 Å². The Labute approximate surface area is 86.4 Å². The van der Waals surface area contributed by atoms with Crippen LogP contribution in [0, 0.1) is 5.92 Å². The van der Waals surface area contributed by atoms with Crippen LogP contribution in [-0.4, -0.2) is 20.6 Å². The molecular formula is C10H12N2O3. The fourth-order valence-electron chi connectivity index (χ4n) is 1.83. The molecule has 0 spiro atoms. The molecular weight excluding hydrogens is 196 g/mol. The molecule has 15 heavy (non-hydrogen) atoms. The first kappa shape index (κ1) is 9.89. The summed E-state index contributed by atoms with van der Waals surface area (Å²) in [4.78, 5) is 26.3. The standard InChI is InChI=1S/C10H12N2O3/c1-6-2-3-8-11-7(10(14)15)4-9(13)12(8)5-6/h4,6H,2-3,5H2,1H3,(H,14,15). The van der Waals surface area contributed by atoms with Crippen molar-refractivity contribution in [2.45, 2.75) is 26.3 Å². The highest BCUT2D eigenvalue weighted by Gasteiger charge is 2.19. The summed E-state index contributed by atoms with van der Waals surface area (Å²) in [6.07, 6.45) is 1.63. The van der Waals surface area contributed by atoms with Crippen molar-refractivity contribution < 1.29 is 9.90 Å². The average Bonchev–Trinajstić information content (AvgIpc) is 2.18. The van der Waals surface area contributed by atoms with Crippen molar-refractivity contribution in [1.82, 2.24) is 9.55 Å². The van der Waals surface area contributed by atoms with Gasteiger partial charge in [0.1, 0.15) is 5.82 Å². The Morgan fingerprint density at radius 1 is 1.67 bits per heavy atom. The number of rotatable bonds is 1. The molecule has 0 amide bonds. The summed E-state index contributed by atoms with van der Waals surface area (Å²) >= 11 is 0. The number of hydrogen-bond acceptors (Lipinski definition) is 3. The molecule has 0 bridgehead atoms. The van der Waals surface area contributed by atoms with E-state index in [4.69, 9.17) is 5.11 Å². The van der Waals surface area contributed by atoms with Crippen LogP contribution < -0.4 is 5.56 Å². The van der Waals surface area contributed by atoms with Gasteiger partial charge < -0.3 is 5.11 Å². The Morgan fingerprint density at radius 2 is 2.40 bits per heavy atom. The Morgan fingerprint density at radius 3 is 3.07 bits per heavy atom. The van der Waals surface area contributed by atoms with Gasteiger partial charge in [0.2, 0.25) is 0 Å². The molecule has 1 aliphatic rings. The second-order valence-electron chi connectivity index (χ2n) is 3.96. The summed E-state index contributed by atoms with van der Waals surface area (Å²) in [5, 5.41) is 8.75. The normalized spacial score (nSPS) is 19.7. The van der Waals surface area contributed by atoms with Crippen LogP contribution in [0.25, 0.3) is 0 Å². The molecule has 1 aromatic rings. The Hall–Kier alpha value is -1.65. The fourth-order valence-corrected chi connectivity index (χ4v) is 1.83. The summed E-state index contributed by atoms with van der Waals surface area (Å²) in [6, 6.07) is 1.09. The van der Waals surface area contributed by atoms with E-state index in [2.05, 4.69) is 11.9 Å². The molecule has 1 aromatic heterocycles. The first-order chi connectivity index (χ1) is 7.08. The minimum absolute atomic E-state index is 0.152. The molecule has 5 heteroatoms. The lowest BCUT2D eigenvalue weighted by Crippen LogP contribution is -2.32. The predicted molar refractivity (Wildman–Crippen MR) is 52.9 cm³/mol. The number of fused-ring (bicyclic) bond motifs is 1. The molecule has 1 atom stereocenters. The maximum absolute atomic E-state index is 11.6. The second kappa shape index (κ2) is 3.49. The number of nitrogens with zero attached hydrogens (tertiary/aromatic N) is 2. The van der Waals surface area contributed by atoms with Gasteiger partial charge in [0.25, 0.3) is 5.56 Å². The molecule has 80 valence electrons. The van der Waals surface area contributed by atoms with E-state index in [1.165, 1.54) is 0 Å². The number of hydrogen-bond donors (Lipinski definition) is 1. The third-order valence-electron chi connectivity index (χ3n) is 2.66. The van der Waals surface area contributed by atoms with Crippen LogP contribution in [0.4, 0.5) is 0 Å². The number of aromatic nitrogens is 2. The van der Waals surface area contributed by atoms with E-state index < -0.39 is 5.97 Å². The lowest BCUT2D eigenvalue weighted by molar-refractivity contribution is 0.0689. The second-order valence-corrected chi connectivity index (χ2v) is 3.96. The molecule has 0 radical (unpaired) electrons. The molecule has 1 unspecified atom stereocenters. The Bertz CT molecular complexity index is 464. The first-order valence-corrected chi connectivity index (χ1v) is 4.92. The van der Waals surface area contributed by atoms with Gasteiger partial charge in [-0.3, -0.25) is 9.36 Å². The topological polar surface area (TPSA) is 72.2 Å². The van der Waals surface area contributed by atoms with Crippen LogP contribution >= 0.6 is 0 Å². The molecule has 0 saturated carbocycles. The van der Waals surface area contributed by atoms with Crippen molar-refractivity contribution in [1.29, 1.82) is 0 Å². The van der Waals surface area contributed by atoms with Crippen molar-refractivity contribution in [2.75, 3.05) is 0 Å². The summed E-state index contributed by atoms with van der Waals surface area (Å²) < 4.78 is 1.57. The largest absolute Gasteiger partial charge is 0.477 e. The molecule has 1 N–H and O–H groups in total. The van der Waals surface area contributed by atoms with Crippen LogP contribution in [0.3, 0.4) is 0 Å². The number of carbonyl (C=O) groups is 1. The predicted octanol–water partition coefficient (Wildman–Crippen LogP) is 0.524. The highest BCUT2D eigenvalue weighted by molar-refractivity contribution is 5.85. The van der Waals surface area contributed by atoms with Crippen LogP contribution in [0.5, 0.6) is 0 Å². The Kier molecular flexibility index (Phi) is 2.30. The minimum atomic E-state index is -1.14. The van der Waals surface area contributed by atoms with E-state index in [9.17, 15) is 9.59 Å². The van der Waals surface area contributed by atoms with Crippen molar-refractivity contribution in [3.8, 4) is 0 Å². The van der Waals surface area contributed by atoms with Crippen molar-refractivity contribution in [2.24, 2.45) is 5.92 Å². The average molecular weight is 208 g/mol. The van der Waals surface area contributed by atoms with Crippen molar-refractivity contribution in [3.05, 3.63) is 27.9 Å². The molecule has 2 rings (SSSR count). The van der Waals surface area contributed by atoms with Gasteiger partial charge in [-0.25, -0.2) is 9.78 Å². The van der Waals surface area contributed by atoms with Crippen LogP contribution in [0.2, 0.25) is 0 Å². The van der Waals surface area contributed by atoms with E-state index in [-0.39, 0.29) is 11.3 Å². The van der Waals surface area contributed by atoms with Gasteiger partial charge in [-0.05, 0) is 12.3 Å². The monoisotopic (exact) mass is 208 g/mol. The third-order valence-corrected chi connectivity index (χ3v) is 2.66. The first-order valence-electron chi connectivity index (χ1n) is 4.92. The molecule has 1 aliphatic heterocycles. The summed E-state index contributed by atoms with van der Waals surface area (Å²) in [5.74, 6) is -0.0974. The highest BCUT2D eigenvalue weighted by Crippen LogP contribution is 2.15. The van der Waals surface area contributed by atoms with E-state index in [0.717, 1.165) is 12.5 Å². The fraction of sp³-hybridized carbons (Fsp3) is 0.500. The zero-order valence-corrected chi connectivity index (χ0v) is 8.43. The van der Waals surface area contributed by atoms with Crippen LogP contribution in [-0.2, 0) is 13.0 Å². The molecule has 0 aromatic carbocycles. The smallest absolute Gasteiger partial charge is 0.354 e. The molecule has 5 nitrogen and oxygen atoms in total. The summed E-state index contributed by atoms with van der Waals surface area (Å²) in [5.41, 5.74) is -0.412. The summed E-state index contributed by atoms with van der Waals surface area (Å²) in [7, 11) is 0.